The van der Waals surface area contributed by atoms with Crippen LogP contribution < -0.4 is 14.8 Å². The van der Waals surface area contributed by atoms with Crippen LogP contribution in [0.5, 0.6) is 11.5 Å². The number of hydrogen-bond donors (Lipinski definition) is 1. The molecule has 0 aliphatic heterocycles. The third-order valence-electron chi connectivity index (χ3n) is 3.59. The van der Waals surface area contributed by atoms with Crippen molar-refractivity contribution in [1.29, 1.82) is 0 Å². The van der Waals surface area contributed by atoms with Gasteiger partial charge in [0.15, 0.2) is 17.6 Å². The van der Waals surface area contributed by atoms with E-state index >= 15 is 0 Å². The molecule has 0 aliphatic rings. The van der Waals surface area contributed by atoms with Crippen LogP contribution in [0.15, 0.2) is 42.5 Å². The smallest absolute Gasteiger partial charge is 0.339 e. The Hall–Kier alpha value is -3.02. The Morgan fingerprint density at radius 2 is 1.60 bits per heavy atom. The summed E-state index contributed by atoms with van der Waals surface area (Å²) in [6, 6.07) is 12.0. The van der Waals surface area contributed by atoms with Crippen molar-refractivity contribution in [2.24, 2.45) is 0 Å². The first-order chi connectivity index (χ1) is 11.9. The summed E-state index contributed by atoms with van der Waals surface area (Å²) >= 11 is 0. The van der Waals surface area contributed by atoms with Gasteiger partial charge in [0.2, 0.25) is 0 Å². The largest absolute Gasteiger partial charge is 0.493 e. The molecule has 0 radical (unpaired) electrons. The van der Waals surface area contributed by atoms with Crippen molar-refractivity contribution in [2.75, 3.05) is 19.5 Å². The highest BCUT2D eigenvalue weighted by molar-refractivity contribution is 5.97. The van der Waals surface area contributed by atoms with Gasteiger partial charge in [-0.25, -0.2) is 4.79 Å². The molecule has 2 aromatic rings. The number of esters is 1. The third-order valence-corrected chi connectivity index (χ3v) is 3.59. The fourth-order valence-corrected chi connectivity index (χ4v) is 2.13. The molecule has 1 N–H and O–H groups in total. The van der Waals surface area contributed by atoms with E-state index in [1.807, 2.05) is 19.1 Å². The topological polar surface area (TPSA) is 73.9 Å². The second-order valence-electron chi connectivity index (χ2n) is 5.47. The molecule has 2 aromatic carbocycles. The molecule has 6 nitrogen and oxygen atoms in total. The first kappa shape index (κ1) is 18.3. The number of carbonyl (C=O) groups excluding carboxylic acids is 2. The molecule has 25 heavy (non-hydrogen) atoms. The van der Waals surface area contributed by atoms with Gasteiger partial charge in [-0.1, -0.05) is 17.7 Å². The second-order valence-corrected chi connectivity index (χ2v) is 5.47. The Labute approximate surface area is 146 Å². The van der Waals surface area contributed by atoms with E-state index in [2.05, 4.69) is 5.32 Å². The predicted octanol–water partition coefficient (Wildman–Crippen LogP) is 3.20. The predicted molar refractivity (Wildman–Crippen MR) is 94.2 cm³/mol. The monoisotopic (exact) mass is 343 g/mol. The lowest BCUT2D eigenvalue weighted by molar-refractivity contribution is -0.123. The maximum absolute atomic E-state index is 12.2. The van der Waals surface area contributed by atoms with Crippen LogP contribution in [0.1, 0.15) is 22.8 Å². The summed E-state index contributed by atoms with van der Waals surface area (Å²) in [4.78, 5) is 24.4. The van der Waals surface area contributed by atoms with Crippen molar-refractivity contribution in [1.82, 2.24) is 0 Å². The molecule has 0 aliphatic carbocycles. The second kappa shape index (κ2) is 8.19. The van der Waals surface area contributed by atoms with Gasteiger partial charge in [0.1, 0.15) is 0 Å². The molecule has 0 aromatic heterocycles. The highest BCUT2D eigenvalue weighted by atomic mass is 16.5. The molecule has 132 valence electrons. The number of ether oxygens (including phenoxy) is 3. The normalized spacial score (nSPS) is 11.4. The van der Waals surface area contributed by atoms with E-state index in [0.29, 0.717) is 17.2 Å². The first-order valence-electron chi connectivity index (χ1n) is 7.75. The standard InChI is InChI=1S/C19H21NO5/c1-12-5-8-15(9-6-12)20-18(21)13(2)25-19(22)14-7-10-16(23-3)17(11-14)24-4/h5-11,13H,1-4H3,(H,20,21)/t13-/m1/s1. The SMILES string of the molecule is COc1ccc(C(=O)O[C@H](C)C(=O)Nc2ccc(C)cc2)cc1OC. The van der Waals surface area contributed by atoms with Gasteiger partial charge in [0.05, 0.1) is 19.8 Å². The molecule has 0 saturated carbocycles. The lowest BCUT2D eigenvalue weighted by Gasteiger charge is -2.14. The number of benzene rings is 2. The van der Waals surface area contributed by atoms with Gasteiger partial charge < -0.3 is 19.5 Å². The van der Waals surface area contributed by atoms with E-state index in [9.17, 15) is 9.59 Å². The van der Waals surface area contributed by atoms with Crippen LogP contribution in [0.25, 0.3) is 0 Å². The number of amides is 1. The number of methoxy groups -OCH3 is 2. The summed E-state index contributed by atoms with van der Waals surface area (Å²) in [6.07, 6.45) is -0.943. The lowest BCUT2D eigenvalue weighted by Crippen LogP contribution is -2.30. The molecular formula is C19H21NO5. The van der Waals surface area contributed by atoms with Gasteiger partial charge in [-0.15, -0.1) is 0 Å². The van der Waals surface area contributed by atoms with Crippen LogP contribution in [0, 0.1) is 6.92 Å². The molecule has 2 rings (SSSR count). The van der Waals surface area contributed by atoms with Crippen molar-refractivity contribution < 1.29 is 23.8 Å². The van der Waals surface area contributed by atoms with Crippen LogP contribution in [0.4, 0.5) is 5.69 Å². The quantitative estimate of drug-likeness (QED) is 0.816. The van der Waals surface area contributed by atoms with E-state index in [4.69, 9.17) is 14.2 Å². The Morgan fingerprint density at radius 3 is 2.20 bits per heavy atom. The Kier molecular flexibility index (Phi) is 6.00. The van der Waals surface area contributed by atoms with Gasteiger partial charge in [0.25, 0.3) is 5.91 Å². The maximum atomic E-state index is 12.2. The Balaban J connectivity index is 2.01. The molecule has 0 unspecified atom stereocenters. The van der Waals surface area contributed by atoms with E-state index in [1.54, 1.807) is 24.3 Å². The molecule has 0 fully saturated rings. The number of hydrogen-bond acceptors (Lipinski definition) is 5. The number of rotatable bonds is 6. The molecule has 0 saturated heterocycles. The van der Waals surface area contributed by atoms with E-state index in [0.717, 1.165) is 5.56 Å². The summed E-state index contributed by atoms with van der Waals surface area (Å²) in [6.45, 7) is 3.47. The average Bonchev–Trinajstić information content (AvgIpc) is 2.62. The number of carbonyl (C=O) groups is 2. The fourth-order valence-electron chi connectivity index (χ4n) is 2.13. The molecule has 1 atom stereocenters. The van der Waals surface area contributed by atoms with Gasteiger partial charge in [0, 0.05) is 5.69 Å². The minimum atomic E-state index is -0.943. The number of anilines is 1. The Morgan fingerprint density at radius 1 is 0.960 bits per heavy atom. The highest BCUT2D eigenvalue weighted by Crippen LogP contribution is 2.27. The van der Waals surface area contributed by atoms with E-state index in [1.165, 1.54) is 27.2 Å². The zero-order chi connectivity index (χ0) is 18.4. The van der Waals surface area contributed by atoms with Crippen molar-refractivity contribution in [3.05, 3.63) is 53.6 Å². The van der Waals surface area contributed by atoms with Crippen molar-refractivity contribution >= 4 is 17.6 Å². The molecule has 0 heterocycles. The van der Waals surface area contributed by atoms with Gasteiger partial charge in [-0.3, -0.25) is 4.79 Å². The minimum absolute atomic E-state index is 0.271. The minimum Gasteiger partial charge on any atom is -0.493 e. The number of aryl methyl sites for hydroxylation is 1. The highest BCUT2D eigenvalue weighted by Gasteiger charge is 2.20. The van der Waals surface area contributed by atoms with E-state index in [-0.39, 0.29) is 5.56 Å². The van der Waals surface area contributed by atoms with Crippen LogP contribution >= 0.6 is 0 Å². The summed E-state index contributed by atoms with van der Waals surface area (Å²) in [5.74, 6) is -0.108. The van der Waals surface area contributed by atoms with Gasteiger partial charge in [-0.2, -0.15) is 0 Å². The van der Waals surface area contributed by atoms with Crippen LogP contribution in [0.2, 0.25) is 0 Å². The van der Waals surface area contributed by atoms with Crippen molar-refractivity contribution in [3.63, 3.8) is 0 Å². The van der Waals surface area contributed by atoms with Gasteiger partial charge >= 0.3 is 5.97 Å². The summed E-state index contributed by atoms with van der Waals surface area (Å²) in [5.41, 5.74) is 2.00. The molecule has 1 amide bonds. The average molecular weight is 343 g/mol. The third kappa shape index (κ3) is 4.73. The first-order valence-corrected chi connectivity index (χ1v) is 7.75. The summed E-state index contributed by atoms with van der Waals surface area (Å²) < 4.78 is 15.5. The zero-order valence-corrected chi connectivity index (χ0v) is 14.7. The number of nitrogens with one attached hydrogen (secondary N) is 1. The molecule has 0 bridgehead atoms. The summed E-state index contributed by atoms with van der Waals surface area (Å²) in [7, 11) is 2.98. The van der Waals surface area contributed by atoms with Crippen molar-refractivity contribution in [3.8, 4) is 11.5 Å². The molecule has 6 heteroatoms. The van der Waals surface area contributed by atoms with Crippen LogP contribution in [0.3, 0.4) is 0 Å². The zero-order valence-electron chi connectivity index (χ0n) is 14.7. The van der Waals surface area contributed by atoms with Crippen molar-refractivity contribution in [2.45, 2.75) is 20.0 Å². The molecular weight excluding hydrogens is 322 g/mol. The fraction of sp³-hybridized carbons (Fsp3) is 0.263. The van der Waals surface area contributed by atoms with Crippen LogP contribution in [-0.4, -0.2) is 32.2 Å². The Bertz CT molecular complexity index is 755. The molecule has 0 spiro atoms. The lowest BCUT2D eigenvalue weighted by atomic mass is 10.2. The van der Waals surface area contributed by atoms with E-state index < -0.39 is 18.0 Å². The maximum Gasteiger partial charge on any atom is 0.339 e. The van der Waals surface area contributed by atoms with Gasteiger partial charge in [-0.05, 0) is 44.2 Å². The van der Waals surface area contributed by atoms with Crippen LogP contribution in [-0.2, 0) is 9.53 Å². The summed E-state index contributed by atoms with van der Waals surface area (Å²) in [5, 5.41) is 2.71.